The number of ether oxygens (including phenoxy) is 7. The highest BCUT2D eigenvalue weighted by atomic mass is 16.7. The minimum Gasteiger partial charge on any atom is -0.458 e. The zero-order valence-corrected chi connectivity index (χ0v) is 37.9. The van der Waals surface area contributed by atoms with E-state index in [1.54, 1.807) is 13.2 Å². The van der Waals surface area contributed by atoms with Crippen molar-refractivity contribution in [2.24, 2.45) is 34.5 Å². The zero-order valence-electron chi connectivity index (χ0n) is 37.9. The minimum absolute atomic E-state index is 0.0205. The summed E-state index contributed by atoms with van der Waals surface area (Å²) in [6, 6.07) is 0. The van der Waals surface area contributed by atoms with E-state index >= 15 is 0 Å². The summed E-state index contributed by atoms with van der Waals surface area (Å²) in [6.45, 7) is 22.0. The molecule has 7 rings (SSSR count). The molecular formula is C46H84O11. The lowest BCUT2D eigenvalue weighted by Gasteiger charge is -2.65. The number of rotatable bonds is 7. The second kappa shape index (κ2) is 23.2. The Morgan fingerprint density at radius 3 is 1.95 bits per heavy atom. The summed E-state index contributed by atoms with van der Waals surface area (Å²) in [7, 11) is 2.57. The molecule has 15 unspecified atom stereocenters. The third-order valence-corrected chi connectivity index (χ3v) is 14.8. The van der Waals surface area contributed by atoms with Gasteiger partial charge in [0.1, 0.15) is 12.7 Å². The molecule has 0 aromatic carbocycles. The van der Waals surface area contributed by atoms with Crippen LogP contribution in [0.15, 0.2) is 11.6 Å². The average molecular weight is 813 g/mol. The smallest absolute Gasteiger partial charge is 0.331 e. The van der Waals surface area contributed by atoms with E-state index in [0.717, 1.165) is 76.9 Å². The number of aliphatic hydroxyl groups is 3. The van der Waals surface area contributed by atoms with Crippen molar-refractivity contribution >= 4 is 5.97 Å². The summed E-state index contributed by atoms with van der Waals surface area (Å²) in [5.74, 6) is 1.40. The van der Waals surface area contributed by atoms with Crippen LogP contribution in [-0.2, 0) is 38.0 Å². The quantitative estimate of drug-likeness (QED) is 0.168. The van der Waals surface area contributed by atoms with E-state index in [9.17, 15) is 15.0 Å². The molecule has 0 aromatic rings. The predicted octanol–water partition coefficient (Wildman–Crippen LogP) is 8.49. The monoisotopic (exact) mass is 813 g/mol. The van der Waals surface area contributed by atoms with Crippen molar-refractivity contribution in [1.82, 2.24) is 0 Å². The van der Waals surface area contributed by atoms with Gasteiger partial charge in [-0.3, -0.25) is 0 Å². The number of fused-ring (bicyclic) bond motifs is 3. The van der Waals surface area contributed by atoms with Crippen molar-refractivity contribution in [3.8, 4) is 0 Å². The lowest BCUT2D eigenvalue weighted by atomic mass is 9.42. The second-order valence-corrected chi connectivity index (χ2v) is 17.8. The van der Waals surface area contributed by atoms with Crippen molar-refractivity contribution in [3.63, 3.8) is 0 Å². The molecule has 3 N–H and O–H groups in total. The van der Waals surface area contributed by atoms with Gasteiger partial charge in [0.15, 0.2) is 18.9 Å². The van der Waals surface area contributed by atoms with Gasteiger partial charge in [0.25, 0.3) is 0 Å². The van der Waals surface area contributed by atoms with Crippen molar-refractivity contribution in [2.45, 2.75) is 214 Å². The van der Waals surface area contributed by atoms with Crippen molar-refractivity contribution in [1.29, 1.82) is 0 Å². The summed E-state index contributed by atoms with van der Waals surface area (Å²) >= 11 is 0. The summed E-state index contributed by atoms with van der Waals surface area (Å²) < 4.78 is 39.7. The molecule has 0 aromatic heterocycles. The average Bonchev–Trinajstić information content (AvgIpc) is 3.65. The third kappa shape index (κ3) is 12.0. The molecule has 15 atom stereocenters. The molecule has 4 heterocycles. The lowest BCUT2D eigenvalue weighted by Crippen LogP contribution is -2.63. The molecule has 11 heteroatoms. The van der Waals surface area contributed by atoms with Crippen LogP contribution in [0.2, 0.25) is 0 Å². The Balaban J connectivity index is 0.000000318. The van der Waals surface area contributed by atoms with Crippen LogP contribution in [0.3, 0.4) is 0 Å². The third-order valence-electron chi connectivity index (χ3n) is 14.8. The highest BCUT2D eigenvalue weighted by molar-refractivity contribution is 5.85. The van der Waals surface area contributed by atoms with Crippen LogP contribution in [0.25, 0.3) is 0 Å². The maximum absolute atomic E-state index is 12.2. The van der Waals surface area contributed by atoms with E-state index in [1.165, 1.54) is 19.3 Å². The Labute approximate surface area is 346 Å². The molecule has 6 fully saturated rings. The molecule has 3 saturated carbocycles. The van der Waals surface area contributed by atoms with Crippen molar-refractivity contribution in [3.05, 3.63) is 11.6 Å². The normalized spacial score (nSPS) is 43.2. The first-order valence-corrected chi connectivity index (χ1v) is 22.7. The Kier molecular flexibility index (Phi) is 20.4. The number of cyclic esters (lactones) is 1. The van der Waals surface area contributed by atoms with Gasteiger partial charge < -0.3 is 48.5 Å². The number of methoxy groups -OCH3 is 1. The standard InChI is InChI=1S/C29H46O5.C12H22O5.2C2H6.CH4O/c1-18-7-6-8-26(33-18)34-22-11-13-27(3)21(16-22)9-10-24-23(27)12-14-28(4,29(24,5)31)19(2)20-15-25(30)32-17-20;1-8-4-3-5-11(16-8)17-10-7-15-12(14-2)6-9(10)13;3*1-2/h15,18-19,21-24,26,31H,6-14,16-17H2,1-5H3;8-13H,3-7H2,1-2H3;2*1-2H3;2H,1H3. The van der Waals surface area contributed by atoms with Crippen LogP contribution in [0, 0.1) is 34.5 Å². The summed E-state index contributed by atoms with van der Waals surface area (Å²) in [5.41, 5.74) is 0.286. The number of hydrogen-bond acceptors (Lipinski definition) is 11. The molecule has 0 radical (unpaired) electrons. The van der Waals surface area contributed by atoms with Crippen LogP contribution in [-0.4, -0.2) is 104 Å². The van der Waals surface area contributed by atoms with E-state index in [1.807, 2.05) is 34.6 Å². The van der Waals surface area contributed by atoms with E-state index < -0.39 is 11.7 Å². The van der Waals surface area contributed by atoms with Crippen LogP contribution in [0.5, 0.6) is 0 Å². The highest BCUT2D eigenvalue weighted by Crippen LogP contribution is 2.66. The summed E-state index contributed by atoms with van der Waals surface area (Å²) in [6.07, 6.45) is 15.8. The van der Waals surface area contributed by atoms with Gasteiger partial charge in [0.2, 0.25) is 0 Å². The molecular weight excluding hydrogens is 728 g/mol. The van der Waals surface area contributed by atoms with Gasteiger partial charge >= 0.3 is 5.97 Å². The number of carbonyl (C=O) groups is 1. The van der Waals surface area contributed by atoms with Gasteiger partial charge in [-0.1, -0.05) is 48.5 Å². The predicted molar refractivity (Wildman–Crippen MR) is 222 cm³/mol. The zero-order chi connectivity index (χ0) is 42.6. The molecule has 0 spiro atoms. The minimum atomic E-state index is -0.769. The van der Waals surface area contributed by atoms with Crippen LogP contribution < -0.4 is 0 Å². The van der Waals surface area contributed by atoms with E-state index in [0.29, 0.717) is 49.6 Å². The van der Waals surface area contributed by atoms with Gasteiger partial charge in [-0.25, -0.2) is 4.79 Å². The Hall–Kier alpha value is -1.15. The molecule has 4 aliphatic heterocycles. The maximum atomic E-state index is 12.2. The van der Waals surface area contributed by atoms with Gasteiger partial charge in [0.05, 0.1) is 36.6 Å². The van der Waals surface area contributed by atoms with E-state index in [-0.39, 0.29) is 53.8 Å². The fraction of sp³-hybridized carbons (Fsp3) is 0.935. The second-order valence-electron chi connectivity index (χ2n) is 17.8. The Morgan fingerprint density at radius 1 is 0.789 bits per heavy atom. The first kappa shape index (κ1) is 50.2. The fourth-order valence-corrected chi connectivity index (χ4v) is 11.1. The molecule has 334 valence electrons. The van der Waals surface area contributed by atoms with Gasteiger partial charge in [-0.2, -0.15) is 0 Å². The number of aliphatic hydroxyl groups excluding tert-OH is 2. The van der Waals surface area contributed by atoms with Crippen LogP contribution in [0.1, 0.15) is 159 Å². The molecule has 7 aliphatic rings. The summed E-state index contributed by atoms with van der Waals surface area (Å²) in [4.78, 5) is 11.7. The van der Waals surface area contributed by atoms with Crippen molar-refractivity contribution in [2.75, 3.05) is 27.4 Å². The highest BCUT2D eigenvalue weighted by Gasteiger charge is 2.63. The number of carbonyl (C=O) groups excluding carboxylic acids is 1. The fourth-order valence-electron chi connectivity index (χ4n) is 11.1. The Morgan fingerprint density at radius 2 is 1.40 bits per heavy atom. The first-order chi connectivity index (χ1) is 27.2. The van der Waals surface area contributed by atoms with Crippen molar-refractivity contribution < 1.29 is 53.3 Å². The molecule has 11 nitrogen and oxygen atoms in total. The topological polar surface area (TPSA) is 142 Å². The molecule has 0 bridgehead atoms. The summed E-state index contributed by atoms with van der Waals surface area (Å²) in [5, 5.41) is 29.1. The van der Waals surface area contributed by atoms with Crippen LogP contribution in [0.4, 0.5) is 0 Å². The van der Waals surface area contributed by atoms with Crippen LogP contribution >= 0.6 is 0 Å². The number of hydrogen-bond donors (Lipinski definition) is 3. The maximum Gasteiger partial charge on any atom is 0.331 e. The molecule has 3 saturated heterocycles. The molecule has 0 amide bonds. The number of esters is 1. The Bertz CT molecular complexity index is 1210. The largest absolute Gasteiger partial charge is 0.458 e. The molecule has 57 heavy (non-hydrogen) atoms. The van der Waals surface area contributed by atoms with Gasteiger partial charge in [-0.15, -0.1) is 0 Å². The van der Waals surface area contributed by atoms with E-state index in [4.69, 9.17) is 38.3 Å². The van der Waals surface area contributed by atoms with E-state index in [2.05, 4.69) is 34.6 Å². The van der Waals surface area contributed by atoms with Gasteiger partial charge in [-0.05, 0) is 139 Å². The first-order valence-electron chi connectivity index (χ1n) is 22.7. The van der Waals surface area contributed by atoms with Gasteiger partial charge in [0, 0.05) is 32.1 Å². The SMILES string of the molecule is CC.CC.CC1CCCC(OC2CCC3(C)C(CCC4C3CCC(C)(C(C)C3=CC(=O)OC3)C4(C)O)C2)O1.CO.COC1CC(O)C(OC2CCCC(C)O2)CO1. The lowest BCUT2D eigenvalue weighted by molar-refractivity contribution is -0.272. The molecule has 3 aliphatic carbocycles.